The summed E-state index contributed by atoms with van der Waals surface area (Å²) in [7, 11) is 3.79. The van der Waals surface area contributed by atoms with Crippen LogP contribution in [0.15, 0.2) is 17.6 Å². The molecule has 2 aromatic heterocycles. The Morgan fingerprint density at radius 2 is 2.29 bits per heavy atom. The van der Waals surface area contributed by atoms with Crippen molar-refractivity contribution in [2.24, 2.45) is 14.1 Å². The van der Waals surface area contributed by atoms with Crippen LogP contribution in [0.3, 0.4) is 0 Å². The van der Waals surface area contributed by atoms with E-state index in [9.17, 15) is 0 Å². The molecule has 0 amide bonds. The fourth-order valence-electron chi connectivity index (χ4n) is 1.01. The molecule has 0 unspecified atom stereocenters. The molecule has 6 nitrogen and oxygen atoms in total. The van der Waals surface area contributed by atoms with Crippen LogP contribution in [0.2, 0.25) is 0 Å². The van der Waals surface area contributed by atoms with Crippen molar-refractivity contribution >= 4 is 11.8 Å². The molecule has 2 rings (SSSR count). The zero-order chi connectivity index (χ0) is 9.97. The quantitative estimate of drug-likeness (QED) is 0.679. The largest absolute Gasteiger partial charge is 0.337 e. The van der Waals surface area contributed by atoms with E-state index < -0.39 is 0 Å². The SMILES string of the molecule is Cn1ccnc1CSc1nnnn1C. The van der Waals surface area contributed by atoms with Gasteiger partial charge in [0, 0.05) is 26.5 Å². The third-order valence-corrected chi connectivity index (χ3v) is 2.84. The molecular formula is C7H10N6S. The smallest absolute Gasteiger partial charge is 0.209 e. The lowest BCUT2D eigenvalue weighted by Crippen LogP contribution is -1.97. The molecule has 0 saturated carbocycles. The Balaban J connectivity index is 2.02. The van der Waals surface area contributed by atoms with Gasteiger partial charge >= 0.3 is 0 Å². The van der Waals surface area contributed by atoms with Gasteiger partial charge < -0.3 is 4.57 Å². The molecule has 74 valence electrons. The minimum Gasteiger partial charge on any atom is -0.337 e. The van der Waals surface area contributed by atoms with Crippen LogP contribution >= 0.6 is 11.8 Å². The highest BCUT2D eigenvalue weighted by Crippen LogP contribution is 2.17. The molecule has 0 N–H and O–H groups in total. The van der Waals surface area contributed by atoms with Crippen LogP contribution in [0.1, 0.15) is 5.82 Å². The topological polar surface area (TPSA) is 61.4 Å². The Morgan fingerprint density at radius 1 is 1.43 bits per heavy atom. The van der Waals surface area contributed by atoms with Crippen molar-refractivity contribution in [1.82, 2.24) is 29.8 Å². The van der Waals surface area contributed by atoms with Crippen molar-refractivity contribution in [3.05, 3.63) is 18.2 Å². The summed E-state index contributed by atoms with van der Waals surface area (Å²) < 4.78 is 3.63. The van der Waals surface area contributed by atoms with Gasteiger partial charge in [-0.2, -0.15) is 0 Å². The number of thioether (sulfide) groups is 1. The summed E-state index contributed by atoms with van der Waals surface area (Å²) in [5, 5.41) is 12.0. The number of aromatic nitrogens is 6. The Hall–Kier alpha value is -1.37. The molecule has 2 heterocycles. The average Bonchev–Trinajstić information content (AvgIpc) is 2.72. The van der Waals surface area contributed by atoms with Crippen molar-refractivity contribution in [2.45, 2.75) is 10.9 Å². The molecule has 0 atom stereocenters. The predicted octanol–water partition coefficient (Wildman–Crippen LogP) is 0.236. The second kappa shape index (κ2) is 3.79. The van der Waals surface area contributed by atoms with Crippen LogP contribution < -0.4 is 0 Å². The molecule has 0 aliphatic heterocycles. The molecule has 2 aromatic rings. The van der Waals surface area contributed by atoms with Crippen molar-refractivity contribution in [3.63, 3.8) is 0 Å². The van der Waals surface area contributed by atoms with Crippen molar-refractivity contribution in [2.75, 3.05) is 0 Å². The lowest BCUT2D eigenvalue weighted by molar-refractivity contribution is 0.664. The minimum absolute atomic E-state index is 0.776. The zero-order valence-corrected chi connectivity index (χ0v) is 8.77. The maximum absolute atomic E-state index is 4.21. The van der Waals surface area contributed by atoms with Gasteiger partial charge in [0.1, 0.15) is 5.82 Å². The van der Waals surface area contributed by atoms with E-state index in [1.54, 1.807) is 22.6 Å². The molecular weight excluding hydrogens is 200 g/mol. The Kier molecular flexibility index (Phi) is 2.49. The first-order valence-corrected chi connectivity index (χ1v) is 5.07. The second-order valence-corrected chi connectivity index (χ2v) is 3.77. The lowest BCUT2D eigenvalue weighted by atomic mass is 10.7. The fraction of sp³-hybridized carbons (Fsp3) is 0.429. The molecule has 0 spiro atoms. The number of aryl methyl sites for hydroxylation is 2. The van der Waals surface area contributed by atoms with Crippen LogP contribution in [0.25, 0.3) is 0 Å². The highest BCUT2D eigenvalue weighted by Gasteiger charge is 2.05. The number of hydrogen-bond donors (Lipinski definition) is 0. The van der Waals surface area contributed by atoms with Crippen molar-refractivity contribution in [1.29, 1.82) is 0 Å². The number of nitrogens with zero attached hydrogens (tertiary/aromatic N) is 6. The number of tetrazole rings is 1. The van der Waals surface area contributed by atoms with E-state index in [0.29, 0.717) is 0 Å². The van der Waals surface area contributed by atoms with E-state index in [-0.39, 0.29) is 0 Å². The van der Waals surface area contributed by atoms with Crippen molar-refractivity contribution < 1.29 is 0 Å². The van der Waals surface area contributed by atoms with Gasteiger partial charge in [-0.1, -0.05) is 11.8 Å². The molecule has 0 bridgehead atoms. The van der Waals surface area contributed by atoms with E-state index in [1.807, 2.05) is 24.9 Å². The van der Waals surface area contributed by atoms with Crippen LogP contribution in [0, 0.1) is 0 Å². The first-order valence-electron chi connectivity index (χ1n) is 4.08. The number of rotatable bonds is 3. The van der Waals surface area contributed by atoms with E-state index >= 15 is 0 Å². The van der Waals surface area contributed by atoms with Gasteiger partial charge in [-0.25, -0.2) is 9.67 Å². The summed E-state index contributed by atoms with van der Waals surface area (Å²) >= 11 is 1.57. The van der Waals surface area contributed by atoms with E-state index in [4.69, 9.17) is 0 Å². The Bertz CT molecular complexity index is 379. The van der Waals surface area contributed by atoms with Crippen LogP contribution in [-0.4, -0.2) is 29.8 Å². The lowest BCUT2D eigenvalue weighted by Gasteiger charge is -1.99. The van der Waals surface area contributed by atoms with Gasteiger partial charge in [-0.15, -0.1) is 5.10 Å². The summed E-state index contributed by atoms with van der Waals surface area (Å²) in [5.41, 5.74) is 0. The zero-order valence-electron chi connectivity index (χ0n) is 7.95. The maximum Gasteiger partial charge on any atom is 0.209 e. The van der Waals surface area contributed by atoms with E-state index in [2.05, 4.69) is 20.5 Å². The first kappa shape index (κ1) is 9.20. The van der Waals surface area contributed by atoms with Crippen LogP contribution in [0.5, 0.6) is 0 Å². The number of imidazole rings is 1. The van der Waals surface area contributed by atoms with E-state index in [1.165, 1.54) is 0 Å². The monoisotopic (exact) mass is 210 g/mol. The summed E-state index contributed by atoms with van der Waals surface area (Å²) in [4.78, 5) is 4.21. The molecule has 7 heteroatoms. The molecule has 0 radical (unpaired) electrons. The molecule has 0 aliphatic rings. The van der Waals surface area contributed by atoms with Gasteiger partial charge in [-0.05, 0) is 10.4 Å². The Labute approximate surface area is 85.3 Å². The van der Waals surface area contributed by atoms with Gasteiger partial charge in [0.15, 0.2) is 0 Å². The molecule has 0 aliphatic carbocycles. The summed E-state index contributed by atoms with van der Waals surface area (Å²) in [6.07, 6.45) is 3.70. The second-order valence-electron chi connectivity index (χ2n) is 2.83. The highest BCUT2D eigenvalue weighted by atomic mass is 32.2. The van der Waals surface area contributed by atoms with Gasteiger partial charge in [0.2, 0.25) is 5.16 Å². The summed E-state index contributed by atoms with van der Waals surface area (Å²) in [6, 6.07) is 0. The average molecular weight is 210 g/mol. The normalized spacial score (nSPS) is 10.7. The highest BCUT2D eigenvalue weighted by molar-refractivity contribution is 7.98. The van der Waals surface area contributed by atoms with Gasteiger partial charge in [-0.3, -0.25) is 0 Å². The van der Waals surface area contributed by atoms with Crippen molar-refractivity contribution in [3.8, 4) is 0 Å². The third-order valence-electron chi connectivity index (χ3n) is 1.83. The predicted molar refractivity (Wildman–Crippen MR) is 51.6 cm³/mol. The molecule has 0 aromatic carbocycles. The van der Waals surface area contributed by atoms with Gasteiger partial charge in [0.25, 0.3) is 0 Å². The molecule has 0 saturated heterocycles. The van der Waals surface area contributed by atoms with E-state index in [0.717, 1.165) is 16.7 Å². The Morgan fingerprint density at radius 3 is 2.86 bits per heavy atom. The third kappa shape index (κ3) is 1.77. The molecule has 0 fully saturated rings. The first-order chi connectivity index (χ1) is 6.77. The number of hydrogen-bond acceptors (Lipinski definition) is 5. The molecule has 14 heavy (non-hydrogen) atoms. The van der Waals surface area contributed by atoms with Gasteiger partial charge in [0.05, 0.1) is 5.75 Å². The summed E-state index contributed by atoms with van der Waals surface area (Å²) in [6.45, 7) is 0. The van der Waals surface area contributed by atoms with Crippen LogP contribution in [-0.2, 0) is 19.8 Å². The maximum atomic E-state index is 4.21. The minimum atomic E-state index is 0.776. The standard InChI is InChI=1S/C7H10N6S/c1-12-4-3-8-6(12)5-14-7-9-10-11-13(7)2/h3-4H,5H2,1-2H3. The fourth-order valence-corrected chi connectivity index (χ4v) is 1.86. The summed E-state index contributed by atoms with van der Waals surface area (Å²) in [5.74, 6) is 1.79. The van der Waals surface area contributed by atoms with Crippen LogP contribution in [0.4, 0.5) is 0 Å².